The molecular formula is C13H10Br2N2O3S. The topological polar surface area (TPSA) is 78.8 Å². The zero-order valence-corrected chi connectivity index (χ0v) is 14.5. The molecule has 2 aromatic rings. The van der Waals surface area contributed by atoms with Gasteiger partial charge in [0.15, 0.2) is 0 Å². The Morgan fingerprint density at radius 1 is 1.14 bits per heavy atom. The molecular weight excluding hydrogens is 424 g/mol. The molecule has 0 radical (unpaired) electrons. The van der Waals surface area contributed by atoms with Crippen molar-refractivity contribution in [1.29, 1.82) is 0 Å². The van der Waals surface area contributed by atoms with Crippen molar-refractivity contribution >= 4 is 48.1 Å². The van der Waals surface area contributed by atoms with Gasteiger partial charge in [0.25, 0.3) is 10.0 Å². The summed E-state index contributed by atoms with van der Waals surface area (Å²) in [5.74, 6) is -0.0270. The molecule has 0 bridgehead atoms. The number of hydrazone groups is 1. The lowest BCUT2D eigenvalue weighted by Gasteiger charge is -2.04. The summed E-state index contributed by atoms with van der Waals surface area (Å²) in [5.41, 5.74) is 0.368. The minimum Gasteiger partial charge on any atom is -0.506 e. The van der Waals surface area contributed by atoms with Crippen molar-refractivity contribution in [3.05, 3.63) is 57.0 Å². The van der Waals surface area contributed by atoms with E-state index in [1.165, 1.54) is 18.3 Å². The summed E-state index contributed by atoms with van der Waals surface area (Å²) in [5, 5.41) is 13.5. The van der Waals surface area contributed by atoms with Crippen molar-refractivity contribution in [3.8, 4) is 5.75 Å². The van der Waals surface area contributed by atoms with Gasteiger partial charge in [-0.25, -0.2) is 4.83 Å². The van der Waals surface area contributed by atoms with Crippen molar-refractivity contribution in [1.82, 2.24) is 4.83 Å². The third-order valence-electron chi connectivity index (χ3n) is 2.49. The highest BCUT2D eigenvalue weighted by molar-refractivity contribution is 9.11. The van der Waals surface area contributed by atoms with Gasteiger partial charge < -0.3 is 5.11 Å². The normalized spacial score (nSPS) is 11.7. The Hall–Kier alpha value is -1.38. The Balaban J connectivity index is 2.20. The van der Waals surface area contributed by atoms with E-state index in [0.29, 0.717) is 10.0 Å². The average molecular weight is 434 g/mol. The van der Waals surface area contributed by atoms with E-state index in [1.54, 1.807) is 30.3 Å². The molecule has 0 fully saturated rings. The van der Waals surface area contributed by atoms with Crippen molar-refractivity contribution in [2.45, 2.75) is 4.90 Å². The summed E-state index contributed by atoms with van der Waals surface area (Å²) in [6.45, 7) is 0. The van der Waals surface area contributed by atoms with Gasteiger partial charge in [0.1, 0.15) is 5.75 Å². The Kier molecular flexibility index (Phi) is 5.02. The molecule has 0 aliphatic heterocycles. The lowest BCUT2D eigenvalue weighted by Crippen LogP contribution is -2.18. The maximum atomic E-state index is 11.9. The second kappa shape index (κ2) is 6.59. The summed E-state index contributed by atoms with van der Waals surface area (Å²) < 4.78 is 25.1. The zero-order chi connectivity index (χ0) is 15.5. The molecule has 0 aliphatic rings. The smallest absolute Gasteiger partial charge is 0.276 e. The predicted octanol–water partition coefficient (Wildman–Crippen LogP) is 3.23. The number of aromatic hydroxyl groups is 1. The van der Waals surface area contributed by atoms with E-state index >= 15 is 0 Å². The van der Waals surface area contributed by atoms with E-state index < -0.39 is 10.0 Å². The third kappa shape index (κ3) is 4.05. The number of benzene rings is 2. The van der Waals surface area contributed by atoms with Crippen LogP contribution in [0.2, 0.25) is 0 Å². The second-order valence-electron chi connectivity index (χ2n) is 3.99. The first-order valence-electron chi connectivity index (χ1n) is 5.68. The number of phenolic OH excluding ortho intramolecular Hbond substituents is 1. The number of nitrogens with zero attached hydrogens (tertiary/aromatic N) is 1. The molecule has 8 heteroatoms. The molecule has 5 nitrogen and oxygen atoms in total. The van der Waals surface area contributed by atoms with E-state index in [0.717, 1.165) is 4.47 Å². The lowest BCUT2D eigenvalue weighted by molar-refractivity contribution is 0.471. The minimum absolute atomic E-state index is 0.0270. The molecule has 2 rings (SSSR count). The number of hydrogen-bond donors (Lipinski definition) is 2. The van der Waals surface area contributed by atoms with Gasteiger partial charge in [0.05, 0.1) is 15.6 Å². The van der Waals surface area contributed by atoms with Crippen LogP contribution in [0, 0.1) is 0 Å². The standard InChI is InChI=1S/C13H10Br2N2O3S/c14-10-6-9(13(18)12(15)7-10)8-16-17-21(19,20)11-4-2-1-3-5-11/h1-8,17-18H/b16-8+. The quantitative estimate of drug-likeness (QED) is 0.573. The van der Waals surface area contributed by atoms with Crippen LogP contribution in [0.1, 0.15) is 5.56 Å². The molecule has 110 valence electrons. The fourth-order valence-corrected chi connectivity index (χ4v) is 3.57. The highest BCUT2D eigenvalue weighted by Gasteiger charge is 2.11. The van der Waals surface area contributed by atoms with Gasteiger partial charge in [-0.3, -0.25) is 0 Å². The number of hydrogen-bond acceptors (Lipinski definition) is 4. The van der Waals surface area contributed by atoms with Gasteiger partial charge in [-0.1, -0.05) is 34.1 Å². The van der Waals surface area contributed by atoms with E-state index in [9.17, 15) is 13.5 Å². The van der Waals surface area contributed by atoms with Crippen LogP contribution in [-0.2, 0) is 10.0 Å². The van der Waals surface area contributed by atoms with Gasteiger partial charge in [0, 0.05) is 10.0 Å². The van der Waals surface area contributed by atoms with E-state index in [2.05, 4.69) is 41.8 Å². The summed E-state index contributed by atoms with van der Waals surface area (Å²) in [6, 6.07) is 11.2. The maximum Gasteiger partial charge on any atom is 0.276 e. The van der Waals surface area contributed by atoms with Crippen molar-refractivity contribution in [2.75, 3.05) is 0 Å². The monoisotopic (exact) mass is 432 g/mol. The summed E-state index contributed by atoms with van der Waals surface area (Å²) in [4.78, 5) is 2.20. The van der Waals surface area contributed by atoms with Gasteiger partial charge >= 0.3 is 0 Å². The molecule has 0 saturated heterocycles. The highest BCUT2D eigenvalue weighted by Crippen LogP contribution is 2.30. The van der Waals surface area contributed by atoms with Crippen LogP contribution in [0.4, 0.5) is 0 Å². The molecule has 2 N–H and O–H groups in total. The van der Waals surface area contributed by atoms with Gasteiger partial charge in [-0.15, -0.1) is 0 Å². The van der Waals surface area contributed by atoms with Crippen LogP contribution in [0.5, 0.6) is 5.75 Å². The van der Waals surface area contributed by atoms with Crippen molar-refractivity contribution in [2.24, 2.45) is 5.10 Å². The first-order valence-corrected chi connectivity index (χ1v) is 8.75. The van der Waals surface area contributed by atoms with Crippen LogP contribution < -0.4 is 4.83 Å². The fraction of sp³-hybridized carbons (Fsp3) is 0. The summed E-state index contributed by atoms with van der Waals surface area (Å²) >= 11 is 6.46. The number of nitrogens with one attached hydrogen (secondary N) is 1. The molecule has 0 amide bonds. The third-order valence-corrected chi connectivity index (χ3v) is 4.79. The molecule has 0 heterocycles. The van der Waals surface area contributed by atoms with E-state index in [4.69, 9.17) is 0 Å². The van der Waals surface area contributed by atoms with Crippen molar-refractivity contribution in [3.63, 3.8) is 0 Å². The fourth-order valence-electron chi connectivity index (χ4n) is 1.50. The Morgan fingerprint density at radius 3 is 2.48 bits per heavy atom. The van der Waals surface area contributed by atoms with Gasteiger partial charge in [0.2, 0.25) is 0 Å². The lowest BCUT2D eigenvalue weighted by atomic mass is 10.2. The zero-order valence-electron chi connectivity index (χ0n) is 10.5. The average Bonchev–Trinajstić information content (AvgIpc) is 2.45. The van der Waals surface area contributed by atoms with Crippen LogP contribution in [0.3, 0.4) is 0 Å². The number of sulfonamides is 1. The largest absolute Gasteiger partial charge is 0.506 e. The summed E-state index contributed by atoms with van der Waals surface area (Å²) in [6.07, 6.45) is 1.23. The van der Waals surface area contributed by atoms with Crippen LogP contribution in [0.15, 0.2) is 61.4 Å². The Labute approximate surface area is 139 Å². The minimum atomic E-state index is -3.72. The molecule has 0 atom stereocenters. The first kappa shape index (κ1) is 16.0. The Morgan fingerprint density at radius 2 is 1.81 bits per heavy atom. The SMILES string of the molecule is O=S(=O)(N/N=C/c1cc(Br)cc(Br)c1O)c1ccccc1. The Bertz CT molecular complexity index is 778. The van der Waals surface area contributed by atoms with Gasteiger partial charge in [-0.05, 0) is 40.2 Å². The van der Waals surface area contributed by atoms with E-state index in [1.807, 2.05) is 0 Å². The molecule has 0 saturated carbocycles. The number of halogens is 2. The maximum absolute atomic E-state index is 11.9. The predicted molar refractivity (Wildman–Crippen MR) is 87.9 cm³/mol. The first-order chi connectivity index (χ1) is 9.90. The highest BCUT2D eigenvalue weighted by atomic mass is 79.9. The van der Waals surface area contributed by atoms with Crippen LogP contribution >= 0.6 is 31.9 Å². The molecule has 0 aromatic heterocycles. The summed E-state index contributed by atoms with van der Waals surface area (Å²) in [7, 11) is -3.72. The van der Waals surface area contributed by atoms with Crippen molar-refractivity contribution < 1.29 is 13.5 Å². The number of phenols is 1. The van der Waals surface area contributed by atoms with Gasteiger partial charge in [-0.2, -0.15) is 13.5 Å². The molecule has 0 spiro atoms. The molecule has 0 aliphatic carbocycles. The molecule has 2 aromatic carbocycles. The van der Waals surface area contributed by atoms with Crippen LogP contribution in [0.25, 0.3) is 0 Å². The van der Waals surface area contributed by atoms with Crippen LogP contribution in [-0.4, -0.2) is 19.7 Å². The number of rotatable bonds is 4. The van der Waals surface area contributed by atoms with E-state index in [-0.39, 0.29) is 10.6 Å². The molecule has 0 unspecified atom stereocenters. The second-order valence-corrected chi connectivity index (χ2v) is 7.42. The molecule has 21 heavy (non-hydrogen) atoms.